The van der Waals surface area contributed by atoms with Crippen molar-refractivity contribution in [1.29, 1.82) is 0 Å². The first-order valence-electron chi connectivity index (χ1n) is 8.74. The van der Waals surface area contributed by atoms with Gasteiger partial charge in [0.2, 0.25) is 5.91 Å². The summed E-state index contributed by atoms with van der Waals surface area (Å²) in [5.74, 6) is 2.13. The molecule has 4 aliphatic rings. The van der Waals surface area contributed by atoms with Crippen molar-refractivity contribution in [3.63, 3.8) is 0 Å². The molecule has 2 atom stereocenters. The summed E-state index contributed by atoms with van der Waals surface area (Å²) in [6.45, 7) is 7.71. The summed E-state index contributed by atoms with van der Waals surface area (Å²) in [6, 6.07) is 0.331. The van der Waals surface area contributed by atoms with Crippen LogP contribution in [-0.2, 0) is 4.79 Å². The average molecular weight is 356 g/mol. The van der Waals surface area contributed by atoms with Crippen LogP contribution in [0.25, 0.3) is 0 Å². The maximum atomic E-state index is 13.4. The van der Waals surface area contributed by atoms with E-state index in [1.54, 1.807) is 0 Å². The number of carbonyl (C=O) groups excluding carboxylic acids is 1. The first-order valence-corrected chi connectivity index (χ1v) is 9.87. The minimum atomic E-state index is -0.00455. The predicted molar refractivity (Wildman–Crippen MR) is 90.5 cm³/mol. The van der Waals surface area contributed by atoms with E-state index in [-0.39, 0.29) is 5.41 Å². The Hall–Kier alpha value is -0.0500. The molecule has 4 saturated carbocycles. The van der Waals surface area contributed by atoms with Crippen LogP contribution in [0.4, 0.5) is 0 Å². The summed E-state index contributed by atoms with van der Waals surface area (Å²) in [4.78, 5) is 15.6. The Morgan fingerprint density at radius 1 is 1.24 bits per heavy atom. The van der Waals surface area contributed by atoms with E-state index < -0.39 is 0 Å². The summed E-state index contributed by atoms with van der Waals surface area (Å²) in [5, 5.41) is 0.986. The Balaban J connectivity index is 1.82. The lowest BCUT2D eigenvalue weighted by Crippen LogP contribution is -2.58. The molecule has 4 bridgehead atoms. The van der Waals surface area contributed by atoms with Crippen LogP contribution in [0.2, 0.25) is 0 Å². The number of nitrogens with zero attached hydrogens (tertiary/aromatic N) is 1. The van der Waals surface area contributed by atoms with Gasteiger partial charge in [-0.2, -0.15) is 0 Å². The number of amides is 1. The zero-order valence-electron chi connectivity index (χ0n) is 13.8. The fourth-order valence-electron chi connectivity index (χ4n) is 6.10. The summed E-state index contributed by atoms with van der Waals surface area (Å²) >= 11 is 3.51. The van der Waals surface area contributed by atoms with Crippen molar-refractivity contribution in [3.8, 4) is 0 Å². The Morgan fingerprint density at radius 2 is 1.86 bits per heavy atom. The highest BCUT2D eigenvalue weighted by atomic mass is 79.9. The van der Waals surface area contributed by atoms with Gasteiger partial charge in [0.05, 0.1) is 5.41 Å². The van der Waals surface area contributed by atoms with E-state index in [0.717, 1.165) is 36.6 Å². The van der Waals surface area contributed by atoms with Gasteiger partial charge in [0.1, 0.15) is 0 Å². The molecule has 21 heavy (non-hydrogen) atoms. The molecule has 120 valence electrons. The molecule has 0 saturated heterocycles. The molecule has 2 unspecified atom stereocenters. The van der Waals surface area contributed by atoms with Crippen molar-refractivity contribution in [3.05, 3.63) is 0 Å². The van der Waals surface area contributed by atoms with Gasteiger partial charge in [0.15, 0.2) is 0 Å². The van der Waals surface area contributed by atoms with Crippen LogP contribution in [0.1, 0.15) is 65.7 Å². The van der Waals surface area contributed by atoms with Gasteiger partial charge in [-0.3, -0.25) is 4.79 Å². The van der Waals surface area contributed by atoms with Gasteiger partial charge in [-0.05, 0) is 76.0 Å². The van der Waals surface area contributed by atoms with Gasteiger partial charge in [-0.25, -0.2) is 0 Å². The molecule has 0 aromatic carbocycles. The van der Waals surface area contributed by atoms with Crippen LogP contribution >= 0.6 is 15.9 Å². The van der Waals surface area contributed by atoms with Crippen LogP contribution < -0.4 is 0 Å². The lowest BCUT2D eigenvalue weighted by Gasteiger charge is -2.61. The molecule has 0 heterocycles. The molecule has 3 heteroatoms. The topological polar surface area (TPSA) is 20.3 Å². The smallest absolute Gasteiger partial charge is 0.229 e. The van der Waals surface area contributed by atoms with E-state index in [4.69, 9.17) is 0 Å². The van der Waals surface area contributed by atoms with E-state index in [1.807, 2.05) is 0 Å². The number of carbonyl (C=O) groups is 1. The van der Waals surface area contributed by atoms with Crippen LogP contribution in [0, 0.1) is 22.7 Å². The number of rotatable bonds is 5. The maximum Gasteiger partial charge on any atom is 0.229 e. The molecular formula is C18H30BrNO. The summed E-state index contributed by atoms with van der Waals surface area (Å²) in [5.41, 5.74) is 0.452. The fraction of sp³-hybridized carbons (Fsp3) is 0.944. The molecule has 0 aliphatic heterocycles. The van der Waals surface area contributed by atoms with Crippen LogP contribution in [0.15, 0.2) is 0 Å². The van der Waals surface area contributed by atoms with Gasteiger partial charge < -0.3 is 4.90 Å². The highest BCUT2D eigenvalue weighted by Gasteiger charge is 2.59. The SMILES string of the molecule is CC(C)N(CCCBr)C(=O)C12CC3CC(CC(C)(C3)C1)C2. The fourth-order valence-corrected chi connectivity index (χ4v) is 6.35. The zero-order valence-corrected chi connectivity index (χ0v) is 15.4. The second-order valence-electron chi connectivity index (χ2n) is 8.69. The van der Waals surface area contributed by atoms with Crippen molar-refractivity contribution < 1.29 is 4.79 Å². The molecule has 0 spiro atoms. The van der Waals surface area contributed by atoms with Crippen LogP contribution in [0.3, 0.4) is 0 Å². The monoisotopic (exact) mass is 355 g/mol. The van der Waals surface area contributed by atoms with Crippen molar-refractivity contribution in [2.75, 3.05) is 11.9 Å². The molecule has 0 aromatic rings. The second kappa shape index (κ2) is 5.54. The minimum Gasteiger partial charge on any atom is -0.340 e. The molecule has 1 amide bonds. The third-order valence-corrected chi connectivity index (χ3v) is 6.78. The molecule has 4 fully saturated rings. The number of alkyl halides is 1. The highest BCUT2D eigenvalue weighted by Crippen LogP contribution is 2.65. The van der Waals surface area contributed by atoms with Crippen molar-refractivity contribution in [2.24, 2.45) is 22.7 Å². The van der Waals surface area contributed by atoms with E-state index >= 15 is 0 Å². The molecule has 0 radical (unpaired) electrons. The second-order valence-corrected chi connectivity index (χ2v) is 9.48. The molecule has 0 aromatic heterocycles. The Kier molecular flexibility index (Phi) is 4.18. The van der Waals surface area contributed by atoms with Crippen molar-refractivity contribution in [2.45, 2.75) is 71.8 Å². The van der Waals surface area contributed by atoms with Gasteiger partial charge >= 0.3 is 0 Å². The Bertz CT molecular complexity index is 405. The van der Waals surface area contributed by atoms with Crippen LogP contribution in [-0.4, -0.2) is 28.7 Å². The summed E-state index contributed by atoms with van der Waals surface area (Å²) < 4.78 is 0. The lowest BCUT2D eigenvalue weighted by atomic mass is 9.44. The minimum absolute atomic E-state index is 0.00455. The maximum absolute atomic E-state index is 13.4. The molecule has 2 nitrogen and oxygen atoms in total. The molecule has 4 aliphatic carbocycles. The predicted octanol–water partition coefficient (Wildman–Crippen LogP) is 4.61. The van der Waals surface area contributed by atoms with E-state index in [0.29, 0.717) is 17.4 Å². The number of halogens is 1. The zero-order chi connectivity index (χ0) is 15.3. The molecular weight excluding hydrogens is 326 g/mol. The quantitative estimate of drug-likeness (QED) is 0.659. The van der Waals surface area contributed by atoms with Gasteiger partial charge in [0.25, 0.3) is 0 Å². The molecule has 4 rings (SSSR count). The lowest BCUT2D eigenvalue weighted by molar-refractivity contribution is -0.167. The summed E-state index contributed by atoms with van der Waals surface area (Å²) in [7, 11) is 0. The Labute approximate surface area is 138 Å². The van der Waals surface area contributed by atoms with Crippen LogP contribution in [0.5, 0.6) is 0 Å². The summed E-state index contributed by atoms with van der Waals surface area (Å²) in [6.07, 6.45) is 8.72. The van der Waals surface area contributed by atoms with Crippen molar-refractivity contribution in [1.82, 2.24) is 4.90 Å². The third kappa shape index (κ3) is 2.80. The van der Waals surface area contributed by atoms with E-state index in [9.17, 15) is 4.79 Å². The standard InChI is InChI=1S/C18H30BrNO/c1-13(2)20(6-4-5-19)16(21)18-10-14-7-15(11-18)9-17(3,8-14)12-18/h13-15H,4-12H2,1-3H3. The third-order valence-electron chi connectivity index (χ3n) is 6.22. The Morgan fingerprint density at radius 3 is 2.33 bits per heavy atom. The first-order chi connectivity index (χ1) is 9.87. The largest absolute Gasteiger partial charge is 0.340 e. The molecule has 0 N–H and O–H groups in total. The van der Waals surface area contributed by atoms with Gasteiger partial charge in [-0.15, -0.1) is 0 Å². The van der Waals surface area contributed by atoms with Gasteiger partial charge in [-0.1, -0.05) is 22.9 Å². The number of hydrogen-bond donors (Lipinski definition) is 0. The average Bonchev–Trinajstić information content (AvgIpc) is 2.35. The number of hydrogen-bond acceptors (Lipinski definition) is 1. The highest BCUT2D eigenvalue weighted by molar-refractivity contribution is 9.09. The first kappa shape index (κ1) is 15.8. The van der Waals surface area contributed by atoms with E-state index in [2.05, 4.69) is 41.6 Å². The van der Waals surface area contributed by atoms with E-state index in [1.165, 1.54) is 32.1 Å². The van der Waals surface area contributed by atoms with Crippen molar-refractivity contribution >= 4 is 21.8 Å². The van der Waals surface area contributed by atoms with Gasteiger partial charge in [0, 0.05) is 17.9 Å². The normalized spacial score (nSPS) is 40.8.